The number of hydrogen-bond donors (Lipinski definition) is 1. The molecule has 1 nitrogen and oxygen atoms in total. The van der Waals surface area contributed by atoms with Gasteiger partial charge in [-0.1, -0.05) is 71.1 Å². The van der Waals surface area contributed by atoms with E-state index < -0.39 is 8.96 Å². The molecule has 0 atom stereocenters. The molecular weight excluding hydrogens is 222 g/mol. The van der Waals surface area contributed by atoms with Gasteiger partial charge in [-0.15, -0.1) is 0 Å². The molecule has 0 aromatic rings. The lowest BCUT2D eigenvalue weighted by atomic mass is 9.99. The van der Waals surface area contributed by atoms with Crippen LogP contribution < -0.4 is 4.98 Å². The Kier molecular flexibility index (Phi) is 6.06. The number of nitrogens with one attached hydrogen (secondary N) is 1. The van der Waals surface area contributed by atoms with Crippen LogP contribution in [0.4, 0.5) is 0 Å². The highest BCUT2D eigenvalue weighted by Crippen LogP contribution is 2.40. The van der Waals surface area contributed by atoms with Gasteiger partial charge in [-0.2, -0.15) is 0 Å². The van der Waals surface area contributed by atoms with Crippen molar-refractivity contribution in [3.05, 3.63) is 0 Å². The summed E-state index contributed by atoms with van der Waals surface area (Å²) in [7, 11) is -0.664. The minimum atomic E-state index is -0.664. The van der Waals surface area contributed by atoms with Gasteiger partial charge in [0.1, 0.15) is 8.96 Å². The molecule has 0 unspecified atom stereocenters. The lowest BCUT2D eigenvalue weighted by Gasteiger charge is -2.37. The molecule has 0 bridgehead atoms. The first kappa shape index (κ1) is 13.6. The molecule has 2 fully saturated rings. The summed E-state index contributed by atoms with van der Waals surface area (Å²) in [5, 5.41) is 0. The van der Waals surface area contributed by atoms with Gasteiger partial charge in [0.15, 0.2) is 0 Å². The molecule has 0 aromatic carbocycles. The third-order valence-electron chi connectivity index (χ3n) is 4.95. The standard InChI is InChI=1S/C15H31NSi/c1-2-13-16-17(14-9-5-3-6-10-14)15-11-7-4-8-12-15/h14-17H,2-13H2,1H3. The molecule has 2 heteroatoms. The molecular formula is C15H31NSi. The number of hydrogen-bond acceptors (Lipinski definition) is 1. The van der Waals surface area contributed by atoms with E-state index in [0.717, 1.165) is 11.1 Å². The van der Waals surface area contributed by atoms with E-state index in [1.165, 1.54) is 51.5 Å². The minimum absolute atomic E-state index is 0.664. The van der Waals surface area contributed by atoms with Crippen LogP contribution in [0, 0.1) is 0 Å². The molecule has 0 aliphatic heterocycles. The molecule has 2 saturated carbocycles. The van der Waals surface area contributed by atoms with Gasteiger partial charge in [0.2, 0.25) is 0 Å². The van der Waals surface area contributed by atoms with Crippen molar-refractivity contribution in [2.45, 2.75) is 88.6 Å². The van der Waals surface area contributed by atoms with Crippen LogP contribution in [0.15, 0.2) is 0 Å². The van der Waals surface area contributed by atoms with E-state index in [2.05, 4.69) is 11.9 Å². The maximum atomic E-state index is 4.05. The van der Waals surface area contributed by atoms with Crippen LogP contribution in [-0.2, 0) is 0 Å². The summed E-state index contributed by atoms with van der Waals surface area (Å²) in [5.41, 5.74) is 2.27. The Morgan fingerprint density at radius 3 is 1.71 bits per heavy atom. The van der Waals surface area contributed by atoms with Crippen LogP contribution in [0.5, 0.6) is 0 Å². The fourth-order valence-electron chi connectivity index (χ4n) is 4.02. The fraction of sp³-hybridized carbons (Fsp3) is 1.00. The molecule has 0 saturated heterocycles. The lowest BCUT2D eigenvalue weighted by molar-refractivity contribution is 0.454. The summed E-state index contributed by atoms with van der Waals surface area (Å²) in [6, 6.07) is 0. The molecule has 0 spiro atoms. The summed E-state index contributed by atoms with van der Waals surface area (Å²) in [6.07, 6.45) is 16.7. The zero-order valence-electron chi connectivity index (χ0n) is 11.7. The molecule has 0 heterocycles. The molecule has 2 aliphatic rings. The first-order valence-corrected chi connectivity index (χ1v) is 10.1. The second-order valence-electron chi connectivity index (χ2n) is 6.28. The Morgan fingerprint density at radius 2 is 1.29 bits per heavy atom. The topological polar surface area (TPSA) is 12.0 Å². The molecule has 0 amide bonds. The SMILES string of the molecule is CCCN[SiH](C1CCCCC1)C1CCCCC1. The normalized spacial score (nSPS) is 24.4. The minimum Gasteiger partial charge on any atom is -0.339 e. The van der Waals surface area contributed by atoms with Crippen LogP contribution in [0.3, 0.4) is 0 Å². The Balaban J connectivity index is 1.90. The summed E-state index contributed by atoms with van der Waals surface area (Å²) in [4.78, 5) is 4.05. The van der Waals surface area contributed by atoms with Crippen molar-refractivity contribution in [3.63, 3.8) is 0 Å². The summed E-state index contributed by atoms with van der Waals surface area (Å²) < 4.78 is 0. The second-order valence-corrected chi connectivity index (χ2v) is 9.62. The molecule has 1 N–H and O–H groups in total. The molecule has 2 rings (SSSR count). The van der Waals surface area contributed by atoms with Crippen LogP contribution in [0.1, 0.15) is 77.6 Å². The molecule has 17 heavy (non-hydrogen) atoms. The summed E-state index contributed by atoms with van der Waals surface area (Å²) in [6.45, 7) is 3.62. The van der Waals surface area contributed by atoms with Crippen molar-refractivity contribution in [3.8, 4) is 0 Å². The van der Waals surface area contributed by atoms with Gasteiger partial charge in [-0.3, -0.25) is 0 Å². The number of rotatable bonds is 5. The smallest absolute Gasteiger partial charge is 0.115 e. The molecule has 100 valence electrons. The van der Waals surface area contributed by atoms with Crippen LogP contribution >= 0.6 is 0 Å². The monoisotopic (exact) mass is 253 g/mol. The Bertz CT molecular complexity index is 177. The highest BCUT2D eigenvalue weighted by atomic mass is 28.3. The predicted molar refractivity (Wildman–Crippen MR) is 79.1 cm³/mol. The lowest BCUT2D eigenvalue weighted by Crippen LogP contribution is -2.44. The zero-order chi connectivity index (χ0) is 11.9. The highest BCUT2D eigenvalue weighted by Gasteiger charge is 2.32. The van der Waals surface area contributed by atoms with E-state index in [1.54, 1.807) is 25.7 Å². The second kappa shape index (κ2) is 7.58. The van der Waals surface area contributed by atoms with E-state index in [0.29, 0.717) is 0 Å². The third kappa shape index (κ3) is 4.10. The average Bonchev–Trinajstić information content (AvgIpc) is 2.42. The van der Waals surface area contributed by atoms with E-state index in [9.17, 15) is 0 Å². The summed E-state index contributed by atoms with van der Waals surface area (Å²) >= 11 is 0. The third-order valence-corrected chi connectivity index (χ3v) is 9.07. The predicted octanol–water partition coefficient (Wildman–Crippen LogP) is 4.38. The van der Waals surface area contributed by atoms with Crippen molar-refractivity contribution in [1.82, 2.24) is 4.98 Å². The molecule has 0 radical (unpaired) electrons. The fourth-order valence-corrected chi connectivity index (χ4v) is 8.45. The van der Waals surface area contributed by atoms with Crippen LogP contribution in [0.2, 0.25) is 11.1 Å². The van der Waals surface area contributed by atoms with Crippen LogP contribution in [-0.4, -0.2) is 15.5 Å². The van der Waals surface area contributed by atoms with E-state index in [-0.39, 0.29) is 0 Å². The van der Waals surface area contributed by atoms with Gasteiger partial charge in [0.05, 0.1) is 0 Å². The zero-order valence-corrected chi connectivity index (χ0v) is 12.9. The first-order chi connectivity index (χ1) is 8.42. The largest absolute Gasteiger partial charge is 0.339 e. The van der Waals surface area contributed by atoms with Gasteiger partial charge in [0, 0.05) is 0 Å². The maximum Gasteiger partial charge on any atom is 0.115 e. The van der Waals surface area contributed by atoms with Gasteiger partial charge in [0.25, 0.3) is 0 Å². The Hall–Kier alpha value is 0.177. The molecule has 0 aromatic heterocycles. The van der Waals surface area contributed by atoms with Crippen molar-refractivity contribution in [1.29, 1.82) is 0 Å². The van der Waals surface area contributed by atoms with Gasteiger partial charge >= 0.3 is 0 Å². The molecule has 2 aliphatic carbocycles. The van der Waals surface area contributed by atoms with Gasteiger partial charge in [-0.05, 0) is 24.0 Å². The van der Waals surface area contributed by atoms with E-state index >= 15 is 0 Å². The average molecular weight is 254 g/mol. The van der Waals surface area contributed by atoms with Crippen molar-refractivity contribution in [2.24, 2.45) is 0 Å². The van der Waals surface area contributed by atoms with E-state index in [1.807, 2.05) is 0 Å². The van der Waals surface area contributed by atoms with Crippen molar-refractivity contribution < 1.29 is 0 Å². The van der Waals surface area contributed by atoms with Gasteiger partial charge < -0.3 is 4.98 Å². The van der Waals surface area contributed by atoms with Crippen LogP contribution in [0.25, 0.3) is 0 Å². The van der Waals surface area contributed by atoms with Crippen molar-refractivity contribution >= 4 is 8.96 Å². The van der Waals surface area contributed by atoms with Gasteiger partial charge in [-0.25, -0.2) is 0 Å². The Labute approximate surface area is 109 Å². The maximum absolute atomic E-state index is 4.05. The van der Waals surface area contributed by atoms with Crippen molar-refractivity contribution in [2.75, 3.05) is 6.54 Å². The Morgan fingerprint density at radius 1 is 0.824 bits per heavy atom. The quantitative estimate of drug-likeness (QED) is 0.717. The van der Waals surface area contributed by atoms with E-state index in [4.69, 9.17) is 0 Å². The highest BCUT2D eigenvalue weighted by molar-refractivity contribution is 6.59. The first-order valence-electron chi connectivity index (χ1n) is 8.15. The summed E-state index contributed by atoms with van der Waals surface area (Å²) in [5.74, 6) is 0.